The second-order valence-electron chi connectivity index (χ2n) is 3.47. The number of hydrogen-bond acceptors (Lipinski definition) is 4. The Labute approximate surface area is 99.2 Å². The molecule has 0 radical (unpaired) electrons. The van der Waals surface area contributed by atoms with Gasteiger partial charge in [0.1, 0.15) is 6.04 Å². The summed E-state index contributed by atoms with van der Waals surface area (Å²) >= 11 is 0. The number of carbonyl (C=O) groups is 1. The molecule has 0 bridgehead atoms. The third-order valence-corrected chi connectivity index (χ3v) is 2.47. The van der Waals surface area contributed by atoms with E-state index in [2.05, 4.69) is 26.7 Å². The zero-order valence-electron chi connectivity index (χ0n) is 9.87. The Morgan fingerprint density at radius 2 is 2.35 bits per heavy atom. The summed E-state index contributed by atoms with van der Waals surface area (Å²) < 4.78 is 0. The topological polar surface area (TPSA) is 93.8 Å². The Kier molecular flexibility index (Phi) is 4.42. The molecular formula is C10H14N6O. The number of rotatable bonds is 3. The van der Waals surface area contributed by atoms with Crippen LogP contribution in [0.4, 0.5) is 0 Å². The van der Waals surface area contributed by atoms with Crippen molar-refractivity contribution >= 4 is 18.8 Å². The summed E-state index contributed by atoms with van der Waals surface area (Å²) in [5, 5.41) is 3.49. The van der Waals surface area contributed by atoms with Gasteiger partial charge in [0, 0.05) is 18.2 Å². The average Bonchev–Trinajstić information content (AvgIpc) is 2.42. The molecule has 0 aliphatic carbocycles. The molecule has 0 N–H and O–H groups in total. The normalized spacial score (nSPS) is 21.4. The number of amides is 1. The first-order valence-corrected chi connectivity index (χ1v) is 5.16. The first-order valence-electron chi connectivity index (χ1n) is 5.16. The van der Waals surface area contributed by atoms with Crippen LogP contribution in [0.25, 0.3) is 10.4 Å². The SMILES string of the molecule is C=NC1=C(N=CC)CCC(N=[N+]=[N-])C(=O)N1C. The third-order valence-electron chi connectivity index (χ3n) is 2.47. The van der Waals surface area contributed by atoms with Crippen molar-refractivity contribution in [1.82, 2.24) is 4.90 Å². The lowest BCUT2D eigenvalue weighted by Crippen LogP contribution is -2.32. The molecule has 1 heterocycles. The van der Waals surface area contributed by atoms with Gasteiger partial charge in [0.2, 0.25) is 5.91 Å². The molecule has 1 rings (SSSR count). The fourth-order valence-corrected chi connectivity index (χ4v) is 1.68. The van der Waals surface area contributed by atoms with Gasteiger partial charge >= 0.3 is 0 Å². The number of carbonyl (C=O) groups excluding carboxylic acids is 1. The molecule has 0 saturated heterocycles. The van der Waals surface area contributed by atoms with E-state index in [1.54, 1.807) is 20.2 Å². The first-order chi connectivity index (χ1) is 8.15. The van der Waals surface area contributed by atoms with Crippen LogP contribution in [0.1, 0.15) is 19.8 Å². The maximum absolute atomic E-state index is 11.9. The van der Waals surface area contributed by atoms with Crippen molar-refractivity contribution in [2.75, 3.05) is 7.05 Å². The average molecular weight is 234 g/mol. The third kappa shape index (κ3) is 2.70. The summed E-state index contributed by atoms with van der Waals surface area (Å²) in [5.74, 6) is 0.134. The van der Waals surface area contributed by atoms with E-state index in [0.29, 0.717) is 24.4 Å². The Balaban J connectivity index is 3.16. The van der Waals surface area contributed by atoms with Gasteiger partial charge in [-0.25, -0.2) is 4.99 Å². The van der Waals surface area contributed by atoms with Crippen LogP contribution in [0.2, 0.25) is 0 Å². The zero-order valence-corrected chi connectivity index (χ0v) is 9.87. The fraction of sp³-hybridized carbons (Fsp3) is 0.500. The highest BCUT2D eigenvalue weighted by Gasteiger charge is 2.28. The summed E-state index contributed by atoms with van der Waals surface area (Å²) in [6.45, 7) is 5.22. The summed E-state index contributed by atoms with van der Waals surface area (Å²) in [5.41, 5.74) is 9.09. The second kappa shape index (κ2) is 5.81. The van der Waals surface area contributed by atoms with Gasteiger partial charge in [0.25, 0.3) is 0 Å². The summed E-state index contributed by atoms with van der Waals surface area (Å²) in [6, 6.07) is -0.702. The molecule has 0 spiro atoms. The number of hydrogen-bond donors (Lipinski definition) is 0. The van der Waals surface area contributed by atoms with Crippen molar-refractivity contribution in [2.24, 2.45) is 15.1 Å². The molecule has 90 valence electrons. The highest BCUT2D eigenvalue weighted by atomic mass is 16.2. The van der Waals surface area contributed by atoms with Gasteiger partial charge in [0.15, 0.2) is 5.82 Å². The summed E-state index contributed by atoms with van der Waals surface area (Å²) in [4.78, 5) is 23.9. The number of nitrogens with zero attached hydrogens (tertiary/aromatic N) is 6. The largest absolute Gasteiger partial charge is 0.298 e. The van der Waals surface area contributed by atoms with Crippen molar-refractivity contribution in [3.05, 3.63) is 22.0 Å². The van der Waals surface area contributed by atoms with Crippen LogP contribution >= 0.6 is 0 Å². The zero-order chi connectivity index (χ0) is 12.8. The van der Waals surface area contributed by atoms with Crippen molar-refractivity contribution in [3.8, 4) is 0 Å². The van der Waals surface area contributed by atoms with Crippen LogP contribution in [-0.2, 0) is 4.79 Å². The van der Waals surface area contributed by atoms with Gasteiger partial charge < -0.3 is 0 Å². The number of azide groups is 1. The molecule has 7 heteroatoms. The van der Waals surface area contributed by atoms with E-state index in [4.69, 9.17) is 5.53 Å². The highest BCUT2D eigenvalue weighted by Crippen LogP contribution is 2.24. The fourth-order valence-electron chi connectivity index (χ4n) is 1.68. The van der Waals surface area contributed by atoms with E-state index in [1.165, 1.54) is 4.90 Å². The molecule has 1 unspecified atom stereocenters. The molecule has 0 aromatic heterocycles. The van der Waals surface area contributed by atoms with Gasteiger partial charge in [-0.2, -0.15) is 0 Å². The van der Waals surface area contributed by atoms with Crippen LogP contribution in [0.15, 0.2) is 26.6 Å². The molecule has 1 aliphatic heterocycles. The molecule has 0 aromatic rings. The minimum absolute atomic E-state index is 0.286. The van der Waals surface area contributed by atoms with E-state index >= 15 is 0 Å². The molecule has 1 atom stereocenters. The van der Waals surface area contributed by atoms with E-state index in [-0.39, 0.29) is 5.91 Å². The molecule has 1 amide bonds. The smallest absolute Gasteiger partial charge is 0.236 e. The second-order valence-corrected chi connectivity index (χ2v) is 3.47. The molecule has 1 aliphatic rings. The Bertz CT molecular complexity index is 432. The molecular weight excluding hydrogens is 220 g/mol. The van der Waals surface area contributed by atoms with Gasteiger partial charge in [-0.15, -0.1) is 0 Å². The Hall–Kier alpha value is -2.14. The maximum atomic E-state index is 11.9. The van der Waals surface area contributed by atoms with Crippen LogP contribution < -0.4 is 0 Å². The quantitative estimate of drug-likeness (QED) is 0.317. The van der Waals surface area contributed by atoms with E-state index in [0.717, 1.165) is 0 Å². The minimum atomic E-state index is -0.702. The van der Waals surface area contributed by atoms with Gasteiger partial charge in [0.05, 0.1) is 5.70 Å². The molecule has 0 fully saturated rings. The van der Waals surface area contributed by atoms with Crippen molar-refractivity contribution in [1.29, 1.82) is 0 Å². The Morgan fingerprint density at radius 1 is 1.65 bits per heavy atom. The first kappa shape index (κ1) is 12.9. The number of aliphatic imine (C=N–C) groups is 2. The monoisotopic (exact) mass is 234 g/mol. The lowest BCUT2D eigenvalue weighted by molar-refractivity contribution is -0.129. The minimum Gasteiger partial charge on any atom is -0.298 e. The summed E-state index contributed by atoms with van der Waals surface area (Å²) in [7, 11) is 1.57. The summed E-state index contributed by atoms with van der Waals surface area (Å²) in [6.07, 6.45) is 2.59. The Morgan fingerprint density at radius 3 is 2.88 bits per heavy atom. The predicted molar refractivity (Wildman–Crippen MR) is 65.7 cm³/mol. The predicted octanol–water partition coefficient (Wildman–Crippen LogP) is 1.88. The van der Waals surface area contributed by atoms with E-state index in [1.807, 2.05) is 0 Å². The molecule has 0 saturated carbocycles. The lowest BCUT2D eigenvalue weighted by atomic mass is 10.1. The van der Waals surface area contributed by atoms with Gasteiger partial charge in [-0.1, -0.05) is 5.11 Å². The highest BCUT2D eigenvalue weighted by molar-refractivity contribution is 5.84. The maximum Gasteiger partial charge on any atom is 0.236 e. The van der Waals surface area contributed by atoms with Crippen LogP contribution in [0.5, 0.6) is 0 Å². The van der Waals surface area contributed by atoms with Crippen molar-refractivity contribution in [2.45, 2.75) is 25.8 Å². The van der Waals surface area contributed by atoms with Crippen molar-refractivity contribution in [3.63, 3.8) is 0 Å². The number of allylic oxidation sites excluding steroid dienone is 1. The van der Waals surface area contributed by atoms with E-state index < -0.39 is 6.04 Å². The number of likely N-dealkylation sites (N-methyl/N-ethyl adjacent to an activating group) is 1. The lowest BCUT2D eigenvalue weighted by Gasteiger charge is -2.18. The van der Waals surface area contributed by atoms with Crippen LogP contribution in [0.3, 0.4) is 0 Å². The van der Waals surface area contributed by atoms with Crippen LogP contribution in [0, 0.1) is 0 Å². The van der Waals surface area contributed by atoms with Gasteiger partial charge in [-0.05, 0) is 32.0 Å². The van der Waals surface area contributed by atoms with Gasteiger partial charge in [-0.3, -0.25) is 14.7 Å². The molecule has 7 nitrogen and oxygen atoms in total. The van der Waals surface area contributed by atoms with E-state index in [9.17, 15) is 4.79 Å². The molecule has 0 aromatic carbocycles. The molecule has 17 heavy (non-hydrogen) atoms. The van der Waals surface area contributed by atoms with Crippen molar-refractivity contribution < 1.29 is 4.79 Å². The van der Waals surface area contributed by atoms with Crippen LogP contribution in [-0.4, -0.2) is 36.8 Å². The standard InChI is InChI=1S/C10H14N6O/c1-4-13-7-5-6-8(14-15-11)10(17)16(3)9(7)12-2/h4,8H,2,5-6H2,1,3H3.